The van der Waals surface area contributed by atoms with E-state index in [1.807, 2.05) is 0 Å². The Morgan fingerprint density at radius 2 is 1.88 bits per heavy atom. The van der Waals surface area contributed by atoms with Crippen LogP contribution in [0.1, 0.15) is 34.1 Å². The van der Waals surface area contributed by atoms with Crippen LogP contribution in [-0.2, 0) is 14.3 Å². The monoisotopic (exact) mass is 231 g/mol. The summed E-state index contributed by atoms with van der Waals surface area (Å²) in [4.78, 5) is 22.4. The van der Waals surface area contributed by atoms with E-state index in [4.69, 9.17) is 15.6 Å². The summed E-state index contributed by atoms with van der Waals surface area (Å²) < 4.78 is 5.17. The van der Waals surface area contributed by atoms with Crippen molar-refractivity contribution < 1.29 is 19.4 Å². The molecule has 2 atom stereocenters. The number of esters is 1. The molecular formula is C11H21NO4. The first-order valence-corrected chi connectivity index (χ1v) is 5.32. The minimum atomic E-state index is -1.02. The maximum absolute atomic E-state index is 11.8. The second kappa shape index (κ2) is 5.84. The molecule has 16 heavy (non-hydrogen) atoms. The van der Waals surface area contributed by atoms with Gasteiger partial charge in [-0.1, -0.05) is 6.92 Å². The fourth-order valence-electron chi connectivity index (χ4n) is 1.25. The van der Waals surface area contributed by atoms with E-state index in [0.717, 1.165) is 0 Å². The highest BCUT2D eigenvalue weighted by molar-refractivity contribution is 5.79. The lowest BCUT2D eigenvalue weighted by molar-refractivity contribution is -0.164. The van der Waals surface area contributed by atoms with Crippen molar-refractivity contribution in [2.45, 2.75) is 39.7 Å². The van der Waals surface area contributed by atoms with E-state index < -0.39 is 23.5 Å². The number of carbonyl (C=O) groups is 2. The molecule has 0 aromatic rings. The molecule has 0 aliphatic carbocycles. The first-order chi connectivity index (χ1) is 7.17. The molecule has 0 rings (SSSR count). The minimum Gasteiger partial charge on any atom is -0.481 e. The first kappa shape index (κ1) is 14.9. The van der Waals surface area contributed by atoms with Crippen molar-refractivity contribution >= 4 is 11.9 Å². The number of ether oxygens (including phenoxy) is 1. The molecule has 0 heterocycles. The van der Waals surface area contributed by atoms with Crippen LogP contribution in [0, 0.1) is 11.8 Å². The molecule has 0 saturated heterocycles. The van der Waals surface area contributed by atoms with Gasteiger partial charge >= 0.3 is 11.9 Å². The van der Waals surface area contributed by atoms with E-state index in [0.29, 0.717) is 0 Å². The largest absolute Gasteiger partial charge is 0.481 e. The molecule has 3 N–H and O–H groups in total. The SMILES string of the molecule is CC(CN)C(CC(=O)O)C(=O)OC(C)(C)C. The van der Waals surface area contributed by atoms with E-state index in [-0.39, 0.29) is 18.9 Å². The van der Waals surface area contributed by atoms with Gasteiger partial charge in [-0.2, -0.15) is 0 Å². The smallest absolute Gasteiger partial charge is 0.310 e. The van der Waals surface area contributed by atoms with E-state index in [9.17, 15) is 9.59 Å². The molecule has 0 bridgehead atoms. The number of hydrogen-bond acceptors (Lipinski definition) is 4. The van der Waals surface area contributed by atoms with Gasteiger partial charge in [0.2, 0.25) is 0 Å². The number of hydrogen-bond donors (Lipinski definition) is 2. The van der Waals surface area contributed by atoms with Crippen molar-refractivity contribution in [2.75, 3.05) is 6.54 Å². The zero-order valence-electron chi connectivity index (χ0n) is 10.3. The van der Waals surface area contributed by atoms with Crippen LogP contribution in [0.15, 0.2) is 0 Å². The van der Waals surface area contributed by atoms with Gasteiger partial charge in [0.15, 0.2) is 0 Å². The Labute approximate surface area is 96.0 Å². The second-order valence-corrected chi connectivity index (χ2v) is 4.95. The van der Waals surface area contributed by atoms with E-state index in [1.54, 1.807) is 27.7 Å². The number of carboxylic acid groups (broad SMARTS) is 1. The third-order valence-corrected chi connectivity index (χ3v) is 2.16. The molecule has 0 aliphatic rings. The standard InChI is InChI=1S/C11H21NO4/c1-7(6-12)8(5-9(13)14)10(15)16-11(2,3)4/h7-8H,5-6,12H2,1-4H3,(H,13,14). The molecule has 2 unspecified atom stereocenters. The summed E-state index contributed by atoms with van der Waals surface area (Å²) in [5.41, 5.74) is 4.84. The lowest BCUT2D eigenvalue weighted by Crippen LogP contribution is -2.35. The topological polar surface area (TPSA) is 89.6 Å². The van der Waals surface area contributed by atoms with Gasteiger partial charge in [0.25, 0.3) is 0 Å². The fraction of sp³-hybridized carbons (Fsp3) is 0.818. The molecule has 0 spiro atoms. The zero-order valence-corrected chi connectivity index (χ0v) is 10.3. The van der Waals surface area contributed by atoms with Crippen LogP contribution in [0.4, 0.5) is 0 Å². The third kappa shape index (κ3) is 5.70. The van der Waals surface area contributed by atoms with Gasteiger partial charge in [-0.15, -0.1) is 0 Å². The molecular weight excluding hydrogens is 210 g/mol. The van der Waals surface area contributed by atoms with E-state index in [1.165, 1.54) is 0 Å². The van der Waals surface area contributed by atoms with Gasteiger partial charge < -0.3 is 15.6 Å². The summed E-state index contributed by atoms with van der Waals surface area (Å²) >= 11 is 0. The summed E-state index contributed by atoms with van der Waals surface area (Å²) in [5.74, 6) is -2.39. The zero-order chi connectivity index (χ0) is 12.9. The van der Waals surface area contributed by atoms with Crippen molar-refractivity contribution in [2.24, 2.45) is 17.6 Å². The van der Waals surface area contributed by atoms with Crippen LogP contribution in [0.3, 0.4) is 0 Å². The van der Waals surface area contributed by atoms with Gasteiger partial charge in [0.1, 0.15) is 5.60 Å². The average molecular weight is 231 g/mol. The highest BCUT2D eigenvalue weighted by Gasteiger charge is 2.30. The lowest BCUT2D eigenvalue weighted by Gasteiger charge is -2.25. The van der Waals surface area contributed by atoms with Gasteiger partial charge in [0.05, 0.1) is 12.3 Å². The first-order valence-electron chi connectivity index (χ1n) is 5.32. The summed E-state index contributed by atoms with van der Waals surface area (Å²) in [5, 5.41) is 8.73. The highest BCUT2D eigenvalue weighted by atomic mass is 16.6. The van der Waals surface area contributed by atoms with Crippen LogP contribution in [0.2, 0.25) is 0 Å². The predicted octanol–water partition coefficient (Wildman–Crippen LogP) is 1.01. The minimum absolute atomic E-state index is 0.203. The Kier molecular flexibility index (Phi) is 5.44. The Hall–Kier alpha value is -1.10. The number of carbonyl (C=O) groups excluding carboxylic acids is 1. The maximum Gasteiger partial charge on any atom is 0.310 e. The molecule has 5 nitrogen and oxygen atoms in total. The van der Waals surface area contributed by atoms with E-state index in [2.05, 4.69) is 0 Å². The van der Waals surface area contributed by atoms with Gasteiger partial charge in [0, 0.05) is 0 Å². The molecule has 0 aromatic heterocycles. The third-order valence-electron chi connectivity index (χ3n) is 2.16. The van der Waals surface area contributed by atoms with Crippen molar-refractivity contribution in [3.05, 3.63) is 0 Å². The van der Waals surface area contributed by atoms with Crippen molar-refractivity contribution in [1.29, 1.82) is 0 Å². The molecule has 0 amide bonds. The van der Waals surface area contributed by atoms with Gasteiger partial charge in [-0.3, -0.25) is 9.59 Å². The highest BCUT2D eigenvalue weighted by Crippen LogP contribution is 2.20. The molecule has 0 radical (unpaired) electrons. The summed E-state index contributed by atoms with van der Waals surface area (Å²) in [6.07, 6.45) is -0.243. The number of aliphatic carboxylic acids is 1. The Balaban J connectivity index is 4.63. The van der Waals surface area contributed by atoms with Crippen molar-refractivity contribution in [3.63, 3.8) is 0 Å². The predicted molar refractivity (Wildman–Crippen MR) is 59.8 cm³/mol. The Morgan fingerprint density at radius 1 is 1.38 bits per heavy atom. The van der Waals surface area contributed by atoms with Crippen LogP contribution >= 0.6 is 0 Å². The average Bonchev–Trinajstić information content (AvgIpc) is 2.09. The molecule has 94 valence electrons. The lowest BCUT2D eigenvalue weighted by atomic mass is 9.91. The molecule has 5 heteroatoms. The van der Waals surface area contributed by atoms with Crippen LogP contribution in [-0.4, -0.2) is 29.2 Å². The molecule has 0 fully saturated rings. The molecule has 0 saturated carbocycles. The molecule has 0 aromatic carbocycles. The number of nitrogens with two attached hydrogens (primary N) is 1. The Bertz CT molecular complexity index is 257. The van der Waals surface area contributed by atoms with Crippen molar-refractivity contribution in [3.8, 4) is 0 Å². The van der Waals surface area contributed by atoms with E-state index >= 15 is 0 Å². The number of carboxylic acids is 1. The van der Waals surface area contributed by atoms with Crippen LogP contribution < -0.4 is 5.73 Å². The van der Waals surface area contributed by atoms with Gasteiger partial charge in [-0.05, 0) is 33.2 Å². The number of rotatable bonds is 5. The second-order valence-electron chi connectivity index (χ2n) is 4.95. The van der Waals surface area contributed by atoms with Crippen LogP contribution in [0.5, 0.6) is 0 Å². The normalized spacial score (nSPS) is 15.3. The summed E-state index contributed by atoms with van der Waals surface area (Å²) in [6.45, 7) is 7.25. The Morgan fingerprint density at radius 3 is 2.19 bits per heavy atom. The van der Waals surface area contributed by atoms with Crippen LogP contribution in [0.25, 0.3) is 0 Å². The summed E-state index contributed by atoms with van der Waals surface area (Å²) in [6, 6.07) is 0. The quantitative estimate of drug-likeness (QED) is 0.689. The summed E-state index contributed by atoms with van der Waals surface area (Å²) in [7, 11) is 0. The van der Waals surface area contributed by atoms with Gasteiger partial charge in [-0.25, -0.2) is 0 Å². The van der Waals surface area contributed by atoms with Crippen molar-refractivity contribution in [1.82, 2.24) is 0 Å². The molecule has 0 aliphatic heterocycles. The fourth-order valence-corrected chi connectivity index (χ4v) is 1.25. The maximum atomic E-state index is 11.8.